The molecule has 0 radical (unpaired) electrons. The third-order valence-corrected chi connectivity index (χ3v) is 3.12. The van der Waals surface area contributed by atoms with E-state index in [1.165, 1.54) is 0 Å². The first kappa shape index (κ1) is 12.1. The Kier molecular flexibility index (Phi) is 4.17. The highest BCUT2D eigenvalue weighted by Gasteiger charge is 2.19. The van der Waals surface area contributed by atoms with Crippen LogP contribution < -0.4 is 5.73 Å². The van der Waals surface area contributed by atoms with Crippen molar-refractivity contribution in [3.05, 3.63) is 29.3 Å². The van der Waals surface area contributed by atoms with Gasteiger partial charge in [-0.05, 0) is 36.4 Å². The zero-order valence-corrected chi connectivity index (χ0v) is 9.67. The number of hydrogen-bond donors (Lipinski definition) is 2. The number of aliphatic carboxylic acids is 1. The molecular weight excluding hydrogens is 210 g/mol. The normalized spacial score (nSPS) is 12.5. The lowest BCUT2D eigenvalue weighted by molar-refractivity contribution is -0.138. The molecule has 0 aliphatic heterocycles. The van der Waals surface area contributed by atoms with Gasteiger partial charge < -0.3 is 10.8 Å². The summed E-state index contributed by atoms with van der Waals surface area (Å²) < 4.78 is 0. The van der Waals surface area contributed by atoms with Gasteiger partial charge in [0.25, 0.3) is 0 Å². The zero-order valence-electron chi connectivity index (χ0n) is 8.86. The first-order valence-electron chi connectivity index (χ1n) is 4.67. The highest BCUT2D eigenvalue weighted by atomic mass is 32.2. The van der Waals surface area contributed by atoms with Crippen LogP contribution in [0.2, 0.25) is 0 Å². The van der Waals surface area contributed by atoms with Crippen LogP contribution in [0.5, 0.6) is 0 Å². The fraction of sp³-hybridized carbons (Fsp3) is 0.364. The monoisotopic (exact) mass is 225 g/mol. The predicted molar refractivity (Wildman–Crippen MR) is 62.4 cm³/mol. The van der Waals surface area contributed by atoms with Crippen molar-refractivity contribution >= 4 is 17.7 Å². The largest absolute Gasteiger partial charge is 0.481 e. The van der Waals surface area contributed by atoms with Crippen molar-refractivity contribution in [3.63, 3.8) is 0 Å². The maximum Gasteiger partial charge on any atom is 0.312 e. The van der Waals surface area contributed by atoms with E-state index in [1.807, 2.05) is 31.4 Å². The van der Waals surface area contributed by atoms with Crippen molar-refractivity contribution in [3.8, 4) is 0 Å². The molecule has 4 heteroatoms. The maximum atomic E-state index is 11.0. The van der Waals surface area contributed by atoms with Crippen molar-refractivity contribution in [2.75, 3.05) is 12.8 Å². The quantitative estimate of drug-likeness (QED) is 0.767. The van der Waals surface area contributed by atoms with E-state index in [2.05, 4.69) is 0 Å². The Morgan fingerprint density at radius 2 is 2.27 bits per heavy atom. The molecule has 0 bridgehead atoms. The molecule has 0 amide bonds. The average molecular weight is 225 g/mol. The average Bonchev–Trinajstić information content (AvgIpc) is 2.21. The second-order valence-electron chi connectivity index (χ2n) is 3.35. The topological polar surface area (TPSA) is 63.3 Å². The summed E-state index contributed by atoms with van der Waals surface area (Å²) in [6.07, 6.45) is 1.96. The summed E-state index contributed by atoms with van der Waals surface area (Å²) in [5.74, 6) is -1.46. The van der Waals surface area contributed by atoms with Gasteiger partial charge in [-0.1, -0.05) is 6.07 Å². The number of rotatable bonds is 4. The molecule has 0 saturated heterocycles. The van der Waals surface area contributed by atoms with E-state index in [4.69, 9.17) is 10.8 Å². The Bertz CT molecular complexity index is 366. The second-order valence-corrected chi connectivity index (χ2v) is 4.23. The molecule has 0 aliphatic carbocycles. The van der Waals surface area contributed by atoms with Gasteiger partial charge in [-0.15, -0.1) is 11.8 Å². The van der Waals surface area contributed by atoms with Gasteiger partial charge in [0.05, 0.1) is 5.92 Å². The Balaban J connectivity index is 3.15. The highest BCUT2D eigenvalue weighted by Crippen LogP contribution is 2.25. The number of carboxylic acids is 1. The molecule has 15 heavy (non-hydrogen) atoms. The number of hydrogen-bond acceptors (Lipinski definition) is 3. The second kappa shape index (κ2) is 5.19. The summed E-state index contributed by atoms with van der Waals surface area (Å²) in [5.41, 5.74) is 7.27. The summed E-state index contributed by atoms with van der Waals surface area (Å²) in [6, 6.07) is 5.83. The molecule has 3 nitrogen and oxygen atoms in total. The molecule has 0 heterocycles. The van der Waals surface area contributed by atoms with Gasteiger partial charge in [0.1, 0.15) is 0 Å². The van der Waals surface area contributed by atoms with Crippen LogP contribution in [-0.4, -0.2) is 23.9 Å². The van der Waals surface area contributed by atoms with Crippen LogP contribution in [0.3, 0.4) is 0 Å². The van der Waals surface area contributed by atoms with E-state index in [1.54, 1.807) is 11.8 Å². The molecule has 1 rings (SSSR count). The number of thioether (sulfide) groups is 1. The fourth-order valence-corrected chi connectivity index (χ4v) is 1.93. The summed E-state index contributed by atoms with van der Waals surface area (Å²) in [7, 11) is 0. The number of aryl methyl sites for hydroxylation is 1. The molecule has 0 fully saturated rings. The van der Waals surface area contributed by atoms with E-state index in [0.29, 0.717) is 0 Å². The standard InChI is InChI=1S/C11H15NO2S/c1-7-3-4-8(15-2)5-9(7)10(6-12)11(13)14/h3-5,10H,6,12H2,1-2H3,(H,13,14). The van der Waals surface area contributed by atoms with Gasteiger partial charge in [0.2, 0.25) is 0 Å². The minimum Gasteiger partial charge on any atom is -0.481 e. The smallest absolute Gasteiger partial charge is 0.312 e. The Morgan fingerprint density at radius 3 is 2.73 bits per heavy atom. The first-order valence-corrected chi connectivity index (χ1v) is 5.90. The van der Waals surface area contributed by atoms with Crippen LogP contribution in [0.15, 0.2) is 23.1 Å². The maximum absolute atomic E-state index is 11.0. The summed E-state index contributed by atoms with van der Waals surface area (Å²) >= 11 is 1.60. The van der Waals surface area contributed by atoms with E-state index < -0.39 is 11.9 Å². The van der Waals surface area contributed by atoms with Crippen LogP contribution >= 0.6 is 11.8 Å². The molecule has 3 N–H and O–H groups in total. The summed E-state index contributed by atoms with van der Waals surface area (Å²) in [4.78, 5) is 12.1. The van der Waals surface area contributed by atoms with E-state index in [9.17, 15) is 4.79 Å². The summed E-state index contributed by atoms with van der Waals surface area (Å²) in [5, 5.41) is 9.03. The molecule has 1 unspecified atom stereocenters. The zero-order chi connectivity index (χ0) is 11.4. The van der Waals surface area contributed by atoms with Crippen molar-refractivity contribution in [1.29, 1.82) is 0 Å². The Labute approximate surface area is 93.7 Å². The highest BCUT2D eigenvalue weighted by molar-refractivity contribution is 7.98. The minimum absolute atomic E-state index is 0.133. The first-order chi connectivity index (χ1) is 7.10. The molecule has 1 atom stereocenters. The van der Waals surface area contributed by atoms with E-state index in [-0.39, 0.29) is 6.54 Å². The summed E-state index contributed by atoms with van der Waals surface area (Å²) in [6.45, 7) is 2.04. The molecular formula is C11H15NO2S. The van der Waals surface area contributed by atoms with E-state index in [0.717, 1.165) is 16.0 Å². The van der Waals surface area contributed by atoms with Gasteiger partial charge in [-0.3, -0.25) is 4.79 Å². The van der Waals surface area contributed by atoms with Crippen LogP contribution in [0.25, 0.3) is 0 Å². The van der Waals surface area contributed by atoms with Crippen LogP contribution in [0.4, 0.5) is 0 Å². The lowest BCUT2D eigenvalue weighted by Gasteiger charge is -2.14. The predicted octanol–water partition coefficient (Wildman–Crippen LogP) is 1.84. The van der Waals surface area contributed by atoms with Gasteiger partial charge in [0, 0.05) is 11.4 Å². The molecule has 1 aromatic carbocycles. The van der Waals surface area contributed by atoms with Gasteiger partial charge in [0.15, 0.2) is 0 Å². The van der Waals surface area contributed by atoms with Crippen molar-refractivity contribution in [2.45, 2.75) is 17.7 Å². The Hall–Kier alpha value is -1.00. The van der Waals surface area contributed by atoms with Gasteiger partial charge >= 0.3 is 5.97 Å². The SMILES string of the molecule is CSc1ccc(C)c(C(CN)C(=O)O)c1. The van der Waals surface area contributed by atoms with Crippen LogP contribution in [-0.2, 0) is 4.79 Å². The number of nitrogens with two attached hydrogens (primary N) is 1. The number of carboxylic acid groups (broad SMARTS) is 1. The molecule has 0 spiro atoms. The molecule has 0 aliphatic rings. The Morgan fingerprint density at radius 1 is 1.60 bits per heavy atom. The molecule has 1 aromatic rings. The molecule has 0 aromatic heterocycles. The molecule has 0 saturated carbocycles. The fourth-order valence-electron chi connectivity index (χ4n) is 1.48. The minimum atomic E-state index is -0.862. The molecule has 82 valence electrons. The lowest BCUT2D eigenvalue weighted by Crippen LogP contribution is -2.21. The van der Waals surface area contributed by atoms with Crippen LogP contribution in [0, 0.1) is 6.92 Å². The third kappa shape index (κ3) is 2.73. The van der Waals surface area contributed by atoms with Gasteiger partial charge in [-0.2, -0.15) is 0 Å². The lowest BCUT2D eigenvalue weighted by atomic mass is 9.95. The van der Waals surface area contributed by atoms with Gasteiger partial charge in [-0.25, -0.2) is 0 Å². The van der Waals surface area contributed by atoms with Crippen molar-refractivity contribution in [2.24, 2.45) is 5.73 Å². The number of carbonyl (C=O) groups is 1. The third-order valence-electron chi connectivity index (χ3n) is 2.40. The van der Waals surface area contributed by atoms with Crippen LogP contribution in [0.1, 0.15) is 17.0 Å². The number of benzene rings is 1. The van der Waals surface area contributed by atoms with Crippen molar-refractivity contribution in [1.82, 2.24) is 0 Å². The van der Waals surface area contributed by atoms with Crippen molar-refractivity contribution < 1.29 is 9.90 Å². The van der Waals surface area contributed by atoms with E-state index >= 15 is 0 Å².